The summed E-state index contributed by atoms with van der Waals surface area (Å²) in [5.74, 6) is 0. The van der Waals surface area contributed by atoms with Crippen LogP contribution in [0.1, 0.15) is 0 Å². The maximum atomic E-state index is 2.11. The topological polar surface area (TPSA) is 0 Å². The molecule has 0 saturated carbocycles. The zero-order chi connectivity index (χ0) is 4.95. The van der Waals surface area contributed by atoms with Gasteiger partial charge in [-0.2, -0.15) is 0 Å². The Morgan fingerprint density at radius 3 is 2.14 bits per heavy atom. The zero-order valence-electron chi connectivity index (χ0n) is 3.83. The molecule has 0 aliphatic carbocycles. The summed E-state index contributed by atoms with van der Waals surface area (Å²) < 4.78 is 0. The van der Waals surface area contributed by atoms with Crippen LogP contribution < -0.4 is 0 Å². The summed E-state index contributed by atoms with van der Waals surface area (Å²) in [6, 6.07) is 0. The van der Waals surface area contributed by atoms with E-state index in [1.165, 1.54) is 0 Å². The first kappa shape index (κ1) is 5.32. The fourth-order valence-electron chi connectivity index (χ4n) is 0.320. The fourth-order valence-corrected chi connectivity index (χ4v) is 1.67. The van der Waals surface area contributed by atoms with Crippen LogP contribution in [0.15, 0.2) is 23.0 Å². The molecule has 38 valence electrons. The first-order valence-corrected chi connectivity index (χ1v) is 4.15. The minimum Gasteiger partial charge on any atom is -0.123 e. The minimum absolute atomic E-state index is 1.16. The summed E-state index contributed by atoms with van der Waals surface area (Å²) in [5.41, 5.74) is 0. The van der Waals surface area contributed by atoms with Crippen molar-refractivity contribution in [1.29, 1.82) is 0 Å². The van der Waals surface area contributed by atoms with E-state index in [-0.39, 0.29) is 0 Å². The van der Waals surface area contributed by atoms with E-state index in [0.29, 0.717) is 0 Å². The molecule has 1 rings (SSSR count). The Balaban J connectivity index is 2.39. The quantitative estimate of drug-likeness (QED) is 0.494. The molecular weight excluding hydrogens is 124 g/mol. The van der Waals surface area contributed by atoms with E-state index in [1.807, 2.05) is 23.5 Å². The van der Waals surface area contributed by atoms with Crippen molar-refractivity contribution in [2.75, 3.05) is 5.08 Å². The maximum absolute atomic E-state index is 2.11. The van der Waals surface area contributed by atoms with Crippen molar-refractivity contribution in [2.45, 2.75) is 0 Å². The summed E-state index contributed by atoms with van der Waals surface area (Å²) in [5, 5.41) is 5.38. The van der Waals surface area contributed by atoms with Crippen LogP contribution in [0.5, 0.6) is 0 Å². The summed E-state index contributed by atoms with van der Waals surface area (Å²) in [4.78, 5) is 0. The van der Waals surface area contributed by atoms with Crippen molar-refractivity contribution in [2.24, 2.45) is 0 Å². The third-order valence-corrected chi connectivity index (χ3v) is 2.38. The largest absolute Gasteiger partial charge is 0.123 e. The number of hydrogen-bond donors (Lipinski definition) is 0. The summed E-state index contributed by atoms with van der Waals surface area (Å²) in [7, 11) is 0. The summed E-state index contributed by atoms with van der Waals surface area (Å²) >= 11 is 3.67. The molecule has 0 aromatic rings. The molecule has 0 fully saturated rings. The van der Waals surface area contributed by atoms with Crippen LogP contribution in [-0.4, -0.2) is 5.08 Å². The number of hydrogen-bond acceptors (Lipinski definition) is 2. The molecule has 0 unspecified atom stereocenters. The number of thioether (sulfide) groups is 2. The van der Waals surface area contributed by atoms with Crippen LogP contribution >= 0.6 is 23.5 Å². The predicted octanol–water partition coefficient (Wildman–Crippen LogP) is 2.45. The van der Waals surface area contributed by atoms with Gasteiger partial charge in [-0.05, 0) is 10.8 Å². The molecular formula is C5H6S2. The van der Waals surface area contributed by atoms with Gasteiger partial charge in [0.15, 0.2) is 0 Å². The van der Waals surface area contributed by atoms with E-state index in [2.05, 4.69) is 23.0 Å². The van der Waals surface area contributed by atoms with Crippen molar-refractivity contribution in [3.63, 3.8) is 0 Å². The maximum Gasteiger partial charge on any atom is 0.0474 e. The van der Waals surface area contributed by atoms with Gasteiger partial charge in [0.05, 0.1) is 0 Å². The molecule has 1 heterocycles. The second-order valence-corrected chi connectivity index (χ2v) is 3.26. The molecule has 2 heteroatoms. The highest BCUT2D eigenvalue weighted by Gasteiger charge is 1.81. The van der Waals surface area contributed by atoms with Crippen LogP contribution in [0.3, 0.4) is 0 Å². The molecule has 0 aromatic heterocycles. The normalized spacial score (nSPS) is 19.4. The lowest BCUT2D eigenvalue weighted by Gasteiger charge is -1.82. The first-order chi connectivity index (χ1) is 3.50. The van der Waals surface area contributed by atoms with Crippen molar-refractivity contribution < 1.29 is 0 Å². The predicted molar refractivity (Wildman–Crippen MR) is 38.3 cm³/mol. The zero-order valence-corrected chi connectivity index (χ0v) is 5.47. The second kappa shape index (κ2) is 3.22. The van der Waals surface area contributed by atoms with Gasteiger partial charge in [-0.25, -0.2) is 0 Å². The molecule has 0 amide bonds. The Morgan fingerprint density at radius 1 is 1.00 bits per heavy atom. The van der Waals surface area contributed by atoms with Crippen LogP contribution in [0.4, 0.5) is 0 Å². The van der Waals surface area contributed by atoms with Gasteiger partial charge in [0.1, 0.15) is 0 Å². The molecule has 0 radical (unpaired) electrons. The van der Waals surface area contributed by atoms with Gasteiger partial charge in [-0.3, -0.25) is 0 Å². The second-order valence-electron chi connectivity index (χ2n) is 1.11. The van der Waals surface area contributed by atoms with E-state index >= 15 is 0 Å². The van der Waals surface area contributed by atoms with E-state index in [9.17, 15) is 0 Å². The monoisotopic (exact) mass is 130 g/mol. The highest BCUT2D eigenvalue weighted by Crippen LogP contribution is 2.16. The molecule has 0 N–H and O–H groups in total. The van der Waals surface area contributed by atoms with Gasteiger partial charge >= 0.3 is 0 Å². The third kappa shape index (κ3) is 2.09. The van der Waals surface area contributed by atoms with Crippen molar-refractivity contribution in [3.8, 4) is 0 Å². The van der Waals surface area contributed by atoms with E-state index < -0.39 is 0 Å². The van der Waals surface area contributed by atoms with Gasteiger partial charge in [-0.15, -0.1) is 23.5 Å². The number of rotatable bonds is 0. The lowest BCUT2D eigenvalue weighted by molar-refractivity contribution is 2.11. The highest BCUT2D eigenvalue weighted by molar-refractivity contribution is 8.18. The summed E-state index contributed by atoms with van der Waals surface area (Å²) in [6.07, 6.45) is 4.12. The van der Waals surface area contributed by atoms with Crippen molar-refractivity contribution >= 4 is 23.5 Å². The minimum atomic E-state index is 1.16. The Hall–Kier alpha value is 0.180. The Morgan fingerprint density at radius 2 is 1.57 bits per heavy atom. The number of allylic oxidation sites excluding steroid dienone is 2. The van der Waals surface area contributed by atoms with Crippen LogP contribution in [0, 0.1) is 0 Å². The Kier molecular flexibility index (Phi) is 2.44. The van der Waals surface area contributed by atoms with Gasteiger partial charge in [0.25, 0.3) is 0 Å². The molecule has 0 atom stereocenters. The van der Waals surface area contributed by atoms with E-state index in [0.717, 1.165) is 5.08 Å². The molecule has 1 aliphatic rings. The molecule has 0 nitrogen and oxygen atoms in total. The SMILES string of the molecule is C1=CSCSC=C1. The van der Waals surface area contributed by atoms with Crippen LogP contribution in [0.2, 0.25) is 0 Å². The molecule has 0 aromatic carbocycles. The average molecular weight is 130 g/mol. The van der Waals surface area contributed by atoms with Crippen molar-refractivity contribution in [3.05, 3.63) is 23.0 Å². The molecule has 7 heavy (non-hydrogen) atoms. The molecule has 1 aliphatic heterocycles. The van der Waals surface area contributed by atoms with E-state index in [1.54, 1.807) is 0 Å². The third-order valence-electron chi connectivity index (χ3n) is 0.597. The van der Waals surface area contributed by atoms with Gasteiger partial charge < -0.3 is 0 Å². The van der Waals surface area contributed by atoms with E-state index in [4.69, 9.17) is 0 Å². The fraction of sp³-hybridized carbons (Fsp3) is 0.200. The smallest absolute Gasteiger partial charge is 0.0474 e. The van der Waals surface area contributed by atoms with Crippen LogP contribution in [-0.2, 0) is 0 Å². The highest BCUT2D eigenvalue weighted by atomic mass is 32.2. The Bertz CT molecular complexity index is 82.3. The molecule has 0 saturated heterocycles. The average Bonchev–Trinajstić information content (AvgIpc) is 1.90. The van der Waals surface area contributed by atoms with Gasteiger partial charge in [0, 0.05) is 5.08 Å². The lowest BCUT2D eigenvalue weighted by Crippen LogP contribution is -1.53. The lowest BCUT2D eigenvalue weighted by atomic mass is 10.6. The van der Waals surface area contributed by atoms with Gasteiger partial charge in [0.2, 0.25) is 0 Å². The van der Waals surface area contributed by atoms with Crippen molar-refractivity contribution in [1.82, 2.24) is 0 Å². The molecule has 0 spiro atoms. The standard InChI is InChI=1S/C5H6S2/c1-2-4-7-5-6-3-1/h1-4H,5H2. The summed E-state index contributed by atoms with van der Waals surface area (Å²) in [6.45, 7) is 0. The first-order valence-electron chi connectivity index (χ1n) is 2.05. The molecule has 0 bridgehead atoms. The van der Waals surface area contributed by atoms with Crippen LogP contribution in [0.25, 0.3) is 0 Å². The van der Waals surface area contributed by atoms with Gasteiger partial charge in [-0.1, -0.05) is 12.2 Å². The Labute approximate surface area is 52.1 Å².